The van der Waals surface area contributed by atoms with Crippen LogP contribution in [0.4, 0.5) is 5.69 Å². The Labute approximate surface area is 89.0 Å². The van der Waals surface area contributed by atoms with Gasteiger partial charge in [0.05, 0.1) is 13.2 Å². The molecule has 0 fully saturated rings. The first-order chi connectivity index (χ1) is 7.04. The van der Waals surface area contributed by atoms with Crippen LogP contribution in [0.1, 0.15) is 24.2 Å². The Morgan fingerprint density at radius 3 is 2.60 bits per heavy atom. The number of methoxy groups -OCH3 is 1. The fraction of sp³-hybridized carbons (Fsp3) is 0.364. The number of hydrogen-bond acceptors (Lipinski definition) is 4. The lowest BCUT2D eigenvalue weighted by Gasteiger charge is -2.11. The number of carbonyl (C=O) groups is 1. The van der Waals surface area contributed by atoms with Crippen molar-refractivity contribution < 1.29 is 14.3 Å². The van der Waals surface area contributed by atoms with Crippen molar-refractivity contribution in [1.82, 2.24) is 0 Å². The predicted octanol–water partition coefficient (Wildman–Crippen LogP) is 1.84. The van der Waals surface area contributed by atoms with Crippen LogP contribution in [0, 0.1) is 0 Å². The van der Waals surface area contributed by atoms with Crippen molar-refractivity contribution in [2.45, 2.75) is 20.0 Å². The van der Waals surface area contributed by atoms with Gasteiger partial charge in [-0.05, 0) is 32.0 Å². The van der Waals surface area contributed by atoms with Crippen molar-refractivity contribution in [1.29, 1.82) is 0 Å². The molecule has 2 N–H and O–H groups in total. The van der Waals surface area contributed by atoms with Gasteiger partial charge in [-0.15, -0.1) is 0 Å². The number of nitrogens with two attached hydrogens (primary N) is 1. The van der Waals surface area contributed by atoms with E-state index in [0.29, 0.717) is 17.0 Å². The van der Waals surface area contributed by atoms with Crippen molar-refractivity contribution in [3.05, 3.63) is 23.8 Å². The van der Waals surface area contributed by atoms with Gasteiger partial charge in [0, 0.05) is 5.69 Å². The van der Waals surface area contributed by atoms with Crippen LogP contribution >= 0.6 is 0 Å². The van der Waals surface area contributed by atoms with Gasteiger partial charge in [-0.25, -0.2) is 4.79 Å². The highest BCUT2D eigenvalue weighted by Crippen LogP contribution is 2.22. The van der Waals surface area contributed by atoms with E-state index < -0.39 is 5.97 Å². The van der Waals surface area contributed by atoms with E-state index in [-0.39, 0.29) is 6.10 Å². The molecule has 0 saturated carbocycles. The largest absolute Gasteiger partial charge is 0.496 e. The molecule has 0 saturated heterocycles. The van der Waals surface area contributed by atoms with E-state index in [1.165, 1.54) is 7.11 Å². The van der Waals surface area contributed by atoms with E-state index in [9.17, 15) is 4.79 Å². The SMILES string of the molecule is COc1ccc(N)cc1C(=O)OC(C)C. The maximum atomic E-state index is 11.6. The number of carbonyl (C=O) groups excluding carboxylic acids is 1. The first-order valence-corrected chi connectivity index (χ1v) is 4.69. The highest BCUT2D eigenvalue weighted by Gasteiger charge is 2.15. The number of benzene rings is 1. The van der Waals surface area contributed by atoms with Gasteiger partial charge >= 0.3 is 5.97 Å². The van der Waals surface area contributed by atoms with Gasteiger partial charge in [0.15, 0.2) is 0 Å². The minimum Gasteiger partial charge on any atom is -0.496 e. The van der Waals surface area contributed by atoms with Gasteiger partial charge in [0.2, 0.25) is 0 Å². The number of anilines is 1. The fourth-order valence-corrected chi connectivity index (χ4v) is 1.16. The van der Waals surface area contributed by atoms with Crippen molar-refractivity contribution in [2.75, 3.05) is 12.8 Å². The highest BCUT2D eigenvalue weighted by atomic mass is 16.5. The number of nitrogen functional groups attached to an aromatic ring is 1. The van der Waals surface area contributed by atoms with E-state index >= 15 is 0 Å². The Morgan fingerprint density at radius 2 is 2.07 bits per heavy atom. The summed E-state index contributed by atoms with van der Waals surface area (Å²) in [4.78, 5) is 11.6. The molecule has 0 atom stereocenters. The molecule has 0 aliphatic rings. The maximum absolute atomic E-state index is 11.6. The fourth-order valence-electron chi connectivity index (χ4n) is 1.16. The van der Waals surface area contributed by atoms with Gasteiger partial charge < -0.3 is 15.2 Å². The van der Waals surface area contributed by atoms with Crippen LogP contribution in [-0.2, 0) is 4.74 Å². The monoisotopic (exact) mass is 209 g/mol. The van der Waals surface area contributed by atoms with Crippen molar-refractivity contribution in [3.63, 3.8) is 0 Å². The Morgan fingerprint density at radius 1 is 1.40 bits per heavy atom. The Hall–Kier alpha value is -1.71. The first-order valence-electron chi connectivity index (χ1n) is 4.69. The number of ether oxygens (including phenoxy) is 2. The molecule has 1 aromatic rings. The molecule has 82 valence electrons. The molecular weight excluding hydrogens is 194 g/mol. The summed E-state index contributed by atoms with van der Waals surface area (Å²) in [6, 6.07) is 4.86. The second-order valence-corrected chi connectivity index (χ2v) is 3.41. The minimum absolute atomic E-state index is 0.163. The Kier molecular flexibility index (Phi) is 3.55. The van der Waals surface area contributed by atoms with E-state index in [1.807, 2.05) is 0 Å². The van der Waals surface area contributed by atoms with Crippen LogP contribution in [0.3, 0.4) is 0 Å². The molecule has 15 heavy (non-hydrogen) atoms. The van der Waals surface area contributed by atoms with Gasteiger partial charge in [0.1, 0.15) is 11.3 Å². The lowest BCUT2D eigenvalue weighted by atomic mass is 10.2. The maximum Gasteiger partial charge on any atom is 0.342 e. The molecule has 0 unspecified atom stereocenters. The van der Waals surface area contributed by atoms with Gasteiger partial charge in [-0.2, -0.15) is 0 Å². The zero-order valence-corrected chi connectivity index (χ0v) is 9.11. The molecule has 0 radical (unpaired) electrons. The van der Waals surface area contributed by atoms with E-state index in [4.69, 9.17) is 15.2 Å². The number of rotatable bonds is 3. The topological polar surface area (TPSA) is 61.5 Å². The second kappa shape index (κ2) is 4.68. The zero-order valence-electron chi connectivity index (χ0n) is 9.11. The molecule has 0 heterocycles. The summed E-state index contributed by atoms with van der Waals surface area (Å²) in [6.07, 6.45) is -0.163. The van der Waals surface area contributed by atoms with E-state index in [1.54, 1.807) is 32.0 Å². The molecule has 0 bridgehead atoms. The summed E-state index contributed by atoms with van der Waals surface area (Å²) >= 11 is 0. The van der Waals surface area contributed by atoms with Crippen LogP contribution < -0.4 is 10.5 Å². The zero-order chi connectivity index (χ0) is 11.4. The van der Waals surface area contributed by atoms with Gasteiger partial charge in [-0.1, -0.05) is 0 Å². The number of hydrogen-bond donors (Lipinski definition) is 1. The van der Waals surface area contributed by atoms with Crippen LogP contribution in [0.2, 0.25) is 0 Å². The summed E-state index contributed by atoms with van der Waals surface area (Å²) < 4.78 is 10.1. The van der Waals surface area contributed by atoms with Gasteiger partial charge in [0.25, 0.3) is 0 Å². The van der Waals surface area contributed by atoms with Crippen molar-refractivity contribution >= 4 is 11.7 Å². The molecule has 4 heteroatoms. The molecular formula is C11H15NO3. The molecule has 1 aromatic carbocycles. The minimum atomic E-state index is -0.422. The molecule has 0 amide bonds. The third-order valence-corrected chi connectivity index (χ3v) is 1.79. The molecule has 0 spiro atoms. The lowest BCUT2D eigenvalue weighted by molar-refractivity contribution is 0.0374. The molecule has 0 aromatic heterocycles. The first kappa shape index (κ1) is 11.4. The molecule has 0 aliphatic heterocycles. The summed E-state index contributed by atoms with van der Waals surface area (Å²) in [7, 11) is 1.50. The van der Waals surface area contributed by atoms with Crippen LogP contribution in [0.15, 0.2) is 18.2 Å². The average Bonchev–Trinajstić information content (AvgIpc) is 2.16. The summed E-state index contributed by atoms with van der Waals surface area (Å²) in [6.45, 7) is 3.58. The predicted molar refractivity (Wildman–Crippen MR) is 58.0 cm³/mol. The second-order valence-electron chi connectivity index (χ2n) is 3.41. The van der Waals surface area contributed by atoms with Crippen LogP contribution in [-0.4, -0.2) is 19.2 Å². The third-order valence-electron chi connectivity index (χ3n) is 1.79. The Bertz CT molecular complexity index is 361. The van der Waals surface area contributed by atoms with E-state index in [2.05, 4.69) is 0 Å². The lowest BCUT2D eigenvalue weighted by Crippen LogP contribution is -2.13. The number of esters is 1. The van der Waals surface area contributed by atoms with Crippen molar-refractivity contribution in [3.8, 4) is 5.75 Å². The molecule has 0 aliphatic carbocycles. The van der Waals surface area contributed by atoms with Gasteiger partial charge in [-0.3, -0.25) is 0 Å². The third kappa shape index (κ3) is 2.87. The smallest absolute Gasteiger partial charge is 0.342 e. The highest BCUT2D eigenvalue weighted by molar-refractivity contribution is 5.93. The van der Waals surface area contributed by atoms with Crippen molar-refractivity contribution in [2.24, 2.45) is 0 Å². The van der Waals surface area contributed by atoms with Crippen LogP contribution in [0.25, 0.3) is 0 Å². The average molecular weight is 209 g/mol. The summed E-state index contributed by atoms with van der Waals surface area (Å²) in [5.41, 5.74) is 6.45. The van der Waals surface area contributed by atoms with Crippen LogP contribution in [0.5, 0.6) is 5.75 Å². The standard InChI is InChI=1S/C11H15NO3/c1-7(2)15-11(13)9-6-8(12)4-5-10(9)14-3/h4-7H,12H2,1-3H3. The molecule has 1 rings (SSSR count). The normalized spacial score (nSPS) is 10.1. The quantitative estimate of drug-likeness (QED) is 0.609. The summed E-state index contributed by atoms with van der Waals surface area (Å²) in [5.74, 6) is 0.0454. The molecule has 4 nitrogen and oxygen atoms in total. The summed E-state index contributed by atoms with van der Waals surface area (Å²) in [5, 5.41) is 0. The van der Waals surface area contributed by atoms with E-state index in [0.717, 1.165) is 0 Å². The Balaban J connectivity index is 3.00.